The van der Waals surface area contributed by atoms with E-state index in [-0.39, 0.29) is 52.8 Å². The number of nitrogens with two attached hydrogens (primary N) is 1. The molecule has 0 aliphatic carbocycles. The summed E-state index contributed by atoms with van der Waals surface area (Å²) in [5.41, 5.74) is 0. The molecule has 86 valence electrons. The van der Waals surface area contributed by atoms with Crippen molar-refractivity contribution < 1.29 is 98.1 Å². The van der Waals surface area contributed by atoms with Gasteiger partial charge in [-0.25, -0.2) is 5.26 Å². The molecular weight excluding hydrogens is 277 g/mol. The van der Waals surface area contributed by atoms with E-state index in [9.17, 15) is 0 Å². The van der Waals surface area contributed by atoms with Gasteiger partial charge in [-0.15, -0.1) is 4.99 Å². The first-order chi connectivity index (χ1) is 5.41. The molecule has 0 aliphatic rings. The van der Waals surface area contributed by atoms with Gasteiger partial charge in [0.05, 0.1) is 0 Å². The molecule has 14 heteroatoms. The fourth-order valence-electron chi connectivity index (χ4n) is 0. The van der Waals surface area contributed by atoms with Gasteiger partial charge in [-0.3, -0.25) is 18.2 Å². The summed E-state index contributed by atoms with van der Waals surface area (Å²) in [6.07, 6.45) is 0. The largest absolute Gasteiger partial charge is 1.00 e. The fraction of sp³-hybridized carbons (Fsp3) is 0. The second-order valence-corrected chi connectivity index (χ2v) is 2.79. The molecule has 0 unspecified atom stereocenters. The van der Waals surface area contributed by atoms with Crippen LogP contribution in [0.25, 0.3) is 0 Å². The Bertz CT molecular complexity index is 233. The van der Waals surface area contributed by atoms with E-state index < -0.39 is 20.8 Å². The van der Waals surface area contributed by atoms with Crippen LogP contribution in [0.3, 0.4) is 0 Å². The summed E-state index contributed by atoms with van der Waals surface area (Å²) in [7, 11) is -9.33. The van der Waals surface area contributed by atoms with E-state index >= 15 is 0 Å². The van der Waals surface area contributed by atoms with E-state index in [1.807, 2.05) is 0 Å². The van der Waals surface area contributed by atoms with Gasteiger partial charge in [-0.05, 0) is 0 Å². The van der Waals surface area contributed by atoms with Crippen LogP contribution < -0.4 is 57.3 Å². The number of hydrogen-bond donors (Lipinski definition) is 6. The molecule has 0 amide bonds. The monoisotopic (exact) mass is 285 g/mol. The maximum absolute atomic E-state index is 8.74. The zero-order valence-corrected chi connectivity index (χ0v) is 11.4. The van der Waals surface area contributed by atoms with Crippen molar-refractivity contribution in [3.8, 4) is 0 Å². The molecule has 0 radical (unpaired) electrons. The third-order valence-electron chi connectivity index (χ3n) is 0. The minimum atomic E-state index is -4.67. The smallest absolute Gasteiger partial charge is 1.00 e. The van der Waals surface area contributed by atoms with E-state index in [1.54, 1.807) is 0 Å². The third kappa shape index (κ3) is 1260. The molecule has 7 N–H and O–H groups in total. The minimum absolute atomic E-state index is 0. The molecule has 0 atom stereocenters. The predicted octanol–water partition coefficient (Wildman–Crippen LogP) is -4.84. The average molecular weight is 285 g/mol. The zero-order chi connectivity index (χ0) is 11.7. The van der Waals surface area contributed by atoms with Gasteiger partial charge in [0.15, 0.2) is 0 Å². The van der Waals surface area contributed by atoms with Crippen molar-refractivity contribution in [2.45, 2.75) is 0 Å². The van der Waals surface area contributed by atoms with E-state index in [4.69, 9.17) is 40.3 Å². The SMILES string of the molecule is NOO.O=S(=O)(O)O.O=S(=O)(O)O.[H-].[K+]. The Morgan fingerprint density at radius 2 is 0.929 bits per heavy atom. The van der Waals surface area contributed by atoms with Gasteiger partial charge >= 0.3 is 72.2 Å². The summed E-state index contributed by atoms with van der Waals surface area (Å²) < 4.78 is 63.2. The van der Waals surface area contributed by atoms with Gasteiger partial charge in [-0.2, -0.15) is 22.7 Å². The molecule has 0 saturated heterocycles. The van der Waals surface area contributed by atoms with Crippen LogP contribution >= 0.6 is 0 Å². The normalized spacial score (nSPS) is 9.57. The second kappa shape index (κ2) is 12.3. The van der Waals surface area contributed by atoms with Gasteiger partial charge in [-0.1, -0.05) is 0 Å². The molecule has 0 rings (SSSR count). The molecule has 0 aromatic heterocycles. The molecule has 0 aliphatic heterocycles. The first-order valence-electron chi connectivity index (χ1n) is 1.82. The van der Waals surface area contributed by atoms with Crippen LogP contribution in [0, 0.1) is 0 Å². The maximum atomic E-state index is 8.74. The summed E-state index contributed by atoms with van der Waals surface area (Å²) in [6.45, 7) is 0. The van der Waals surface area contributed by atoms with Gasteiger partial charge < -0.3 is 1.43 Å². The maximum Gasteiger partial charge on any atom is 1.00 e. The van der Waals surface area contributed by atoms with Gasteiger partial charge in [0.1, 0.15) is 0 Å². The quantitative estimate of drug-likeness (QED) is 0.108. The van der Waals surface area contributed by atoms with Crippen molar-refractivity contribution in [2.75, 3.05) is 0 Å². The third-order valence-corrected chi connectivity index (χ3v) is 0. The molecule has 0 heterocycles. The summed E-state index contributed by atoms with van der Waals surface area (Å²) in [4.78, 5) is 2.75. The Morgan fingerprint density at radius 1 is 0.929 bits per heavy atom. The average Bonchev–Trinajstić information content (AvgIpc) is 1.52. The fourth-order valence-corrected chi connectivity index (χ4v) is 0. The topological polar surface area (TPSA) is 205 Å². The van der Waals surface area contributed by atoms with Gasteiger partial charge in [0, 0.05) is 0 Å². The van der Waals surface area contributed by atoms with Crippen LogP contribution in [0.1, 0.15) is 1.43 Å². The molecule has 0 fully saturated rings. The first-order valence-corrected chi connectivity index (χ1v) is 4.61. The van der Waals surface area contributed by atoms with Crippen molar-refractivity contribution in [3.05, 3.63) is 0 Å². The molecule has 0 aromatic carbocycles. The van der Waals surface area contributed by atoms with E-state index in [1.165, 1.54) is 0 Å². The van der Waals surface area contributed by atoms with Crippen LogP contribution in [0.5, 0.6) is 0 Å². The Balaban J connectivity index is -0.0000000322. The van der Waals surface area contributed by atoms with E-state index in [2.05, 4.69) is 10.9 Å². The van der Waals surface area contributed by atoms with Crippen molar-refractivity contribution in [1.82, 2.24) is 0 Å². The number of hydrogen-bond acceptors (Lipinski definition) is 7. The Kier molecular flexibility index (Phi) is 21.5. The molecule has 0 spiro atoms. The first kappa shape index (κ1) is 24.5. The van der Waals surface area contributed by atoms with Crippen LogP contribution in [-0.4, -0.2) is 40.3 Å². The van der Waals surface area contributed by atoms with Crippen LogP contribution in [0.4, 0.5) is 0 Å². The van der Waals surface area contributed by atoms with Gasteiger partial charge in [0.2, 0.25) is 0 Å². The van der Waals surface area contributed by atoms with E-state index in [0.29, 0.717) is 0 Å². The summed E-state index contributed by atoms with van der Waals surface area (Å²) in [5, 5.41) is 6.85. The van der Waals surface area contributed by atoms with Crippen molar-refractivity contribution >= 4 is 20.8 Å². The Morgan fingerprint density at radius 3 is 0.929 bits per heavy atom. The second-order valence-electron chi connectivity index (χ2n) is 1.00. The van der Waals surface area contributed by atoms with Crippen LogP contribution in [-0.2, 0) is 25.8 Å². The van der Waals surface area contributed by atoms with Crippen LogP contribution in [0.15, 0.2) is 0 Å². The molecule has 14 heavy (non-hydrogen) atoms. The molecule has 11 nitrogen and oxygen atoms in total. The van der Waals surface area contributed by atoms with Crippen molar-refractivity contribution in [1.29, 1.82) is 0 Å². The predicted molar refractivity (Wildman–Crippen MR) is 37.4 cm³/mol. The Labute approximate surface area is 123 Å². The molecular formula is H8KNO10S2. The molecule has 0 bridgehead atoms. The zero-order valence-electron chi connectivity index (χ0n) is 7.67. The van der Waals surface area contributed by atoms with Crippen LogP contribution in [0.2, 0.25) is 0 Å². The minimum Gasteiger partial charge on any atom is -1.00 e. The summed E-state index contributed by atoms with van der Waals surface area (Å²) in [6, 6.07) is 0. The summed E-state index contributed by atoms with van der Waals surface area (Å²) in [5.74, 6) is 3.90. The van der Waals surface area contributed by atoms with Gasteiger partial charge in [0.25, 0.3) is 0 Å². The summed E-state index contributed by atoms with van der Waals surface area (Å²) >= 11 is 0. The van der Waals surface area contributed by atoms with Crippen molar-refractivity contribution in [2.24, 2.45) is 5.90 Å². The van der Waals surface area contributed by atoms with E-state index in [0.717, 1.165) is 0 Å². The molecule has 0 aromatic rings. The number of rotatable bonds is 0. The Hall–Kier alpha value is 1.26. The standard InChI is InChI=1S/K.H3NO2.2H2O4S.H/c;1-3-2;2*1-5(2,3)4;/h;2H,1H2;2*(H2,1,2,3,4);/q+1;;;;-1. The van der Waals surface area contributed by atoms with Crippen molar-refractivity contribution in [3.63, 3.8) is 0 Å². The molecule has 0 saturated carbocycles.